The molecule has 0 radical (unpaired) electrons. The van der Waals surface area contributed by atoms with E-state index >= 15 is 0 Å². The largest absolute Gasteiger partial charge is 0.497 e. The number of fused-ring (bicyclic) bond motifs is 1. The fraction of sp³-hybridized carbons (Fsp3) is 0.444. The topological polar surface area (TPSA) is 107 Å². The summed E-state index contributed by atoms with van der Waals surface area (Å²) in [5, 5.41) is 3.89. The second kappa shape index (κ2) is 6.99. The van der Waals surface area contributed by atoms with E-state index in [1.807, 2.05) is 0 Å². The van der Waals surface area contributed by atoms with Gasteiger partial charge in [0.05, 0.1) is 18.9 Å². The van der Waals surface area contributed by atoms with Crippen molar-refractivity contribution in [2.75, 3.05) is 25.2 Å². The lowest BCUT2D eigenvalue weighted by atomic mass is 9.99. The lowest BCUT2D eigenvalue weighted by Crippen LogP contribution is -2.36. The number of ether oxygens (including phenoxy) is 3. The highest BCUT2D eigenvalue weighted by Crippen LogP contribution is 2.32. The molecule has 3 atom stereocenters. The van der Waals surface area contributed by atoms with Gasteiger partial charge in [0.25, 0.3) is 5.91 Å². The SMILES string of the molecule is COc1cccc(N2C(=O)[C@@H]3C(C(=O)OCC4CCCO4)=NN[C@@H]3C2=O)c1. The van der Waals surface area contributed by atoms with Crippen molar-refractivity contribution in [1.29, 1.82) is 0 Å². The van der Waals surface area contributed by atoms with Crippen molar-refractivity contribution in [1.82, 2.24) is 5.43 Å². The minimum atomic E-state index is -0.999. The molecule has 3 heterocycles. The van der Waals surface area contributed by atoms with Crippen LogP contribution in [0.25, 0.3) is 0 Å². The summed E-state index contributed by atoms with van der Waals surface area (Å²) < 4.78 is 15.8. The van der Waals surface area contributed by atoms with Crippen LogP contribution in [0, 0.1) is 5.92 Å². The Balaban J connectivity index is 1.50. The Hall–Kier alpha value is -2.94. The Morgan fingerprint density at radius 1 is 1.37 bits per heavy atom. The van der Waals surface area contributed by atoms with E-state index in [0.717, 1.165) is 17.7 Å². The number of carbonyl (C=O) groups is 3. The zero-order chi connectivity index (χ0) is 19.0. The molecule has 0 aromatic heterocycles. The molecule has 3 aliphatic rings. The lowest BCUT2D eigenvalue weighted by Gasteiger charge is -2.16. The van der Waals surface area contributed by atoms with Crippen molar-refractivity contribution in [2.24, 2.45) is 11.0 Å². The van der Waals surface area contributed by atoms with E-state index < -0.39 is 29.7 Å². The second-order valence-electron chi connectivity index (χ2n) is 6.53. The molecular formula is C18H19N3O6. The van der Waals surface area contributed by atoms with Crippen LogP contribution in [0.3, 0.4) is 0 Å². The van der Waals surface area contributed by atoms with Crippen LogP contribution in [0.2, 0.25) is 0 Å². The standard InChI is InChI=1S/C18H19N3O6/c1-25-11-5-2-4-10(8-11)21-16(22)13-14(17(21)23)19-20-15(13)18(24)27-9-12-6-3-7-26-12/h2,4-5,8,12-14,19H,3,6-7,9H2,1H3/t12?,13-,14-/m0/s1. The summed E-state index contributed by atoms with van der Waals surface area (Å²) in [6.45, 7) is 0.759. The number of carbonyl (C=O) groups excluding carboxylic acids is 3. The first kappa shape index (κ1) is 17.5. The fourth-order valence-corrected chi connectivity index (χ4v) is 3.48. The van der Waals surface area contributed by atoms with E-state index in [9.17, 15) is 14.4 Å². The molecule has 2 fully saturated rings. The molecule has 1 unspecified atom stereocenters. The van der Waals surface area contributed by atoms with Crippen molar-refractivity contribution in [3.05, 3.63) is 24.3 Å². The first-order chi connectivity index (χ1) is 13.1. The van der Waals surface area contributed by atoms with Crippen molar-refractivity contribution in [2.45, 2.75) is 25.0 Å². The number of rotatable bonds is 5. The van der Waals surface area contributed by atoms with Gasteiger partial charge in [-0.25, -0.2) is 9.69 Å². The van der Waals surface area contributed by atoms with E-state index in [4.69, 9.17) is 14.2 Å². The maximum atomic E-state index is 12.9. The number of anilines is 1. The highest BCUT2D eigenvalue weighted by Gasteiger charge is 2.55. The van der Waals surface area contributed by atoms with Gasteiger partial charge in [-0.2, -0.15) is 5.10 Å². The van der Waals surface area contributed by atoms with Crippen molar-refractivity contribution < 1.29 is 28.6 Å². The summed E-state index contributed by atoms with van der Waals surface area (Å²) in [6, 6.07) is 5.70. The number of benzene rings is 1. The van der Waals surface area contributed by atoms with Gasteiger partial charge in [-0.3, -0.25) is 15.0 Å². The summed E-state index contributed by atoms with van der Waals surface area (Å²) in [5.74, 6) is -2.18. The zero-order valence-corrected chi connectivity index (χ0v) is 14.7. The third-order valence-corrected chi connectivity index (χ3v) is 4.87. The van der Waals surface area contributed by atoms with Gasteiger partial charge in [0.15, 0.2) is 5.71 Å². The van der Waals surface area contributed by atoms with E-state index in [1.165, 1.54) is 7.11 Å². The van der Waals surface area contributed by atoms with Gasteiger partial charge in [0, 0.05) is 12.7 Å². The van der Waals surface area contributed by atoms with Crippen molar-refractivity contribution in [3.8, 4) is 5.75 Å². The van der Waals surface area contributed by atoms with E-state index in [-0.39, 0.29) is 18.4 Å². The molecule has 0 spiro atoms. The Morgan fingerprint density at radius 3 is 2.96 bits per heavy atom. The van der Waals surface area contributed by atoms with Gasteiger partial charge in [-0.05, 0) is 25.0 Å². The monoisotopic (exact) mass is 373 g/mol. The summed E-state index contributed by atoms with van der Waals surface area (Å²) in [4.78, 5) is 39.0. The molecule has 9 nitrogen and oxygen atoms in total. The molecule has 0 bridgehead atoms. The lowest BCUT2D eigenvalue weighted by molar-refractivity contribution is -0.139. The third kappa shape index (κ3) is 3.03. The van der Waals surface area contributed by atoms with Gasteiger partial charge in [0.1, 0.15) is 24.3 Å². The van der Waals surface area contributed by atoms with Gasteiger partial charge in [-0.1, -0.05) is 6.07 Å². The Labute approximate surface area is 155 Å². The van der Waals surface area contributed by atoms with E-state index in [2.05, 4.69) is 10.5 Å². The third-order valence-electron chi connectivity index (χ3n) is 4.87. The number of imide groups is 1. The van der Waals surface area contributed by atoms with Gasteiger partial charge in [-0.15, -0.1) is 0 Å². The molecule has 142 valence electrons. The number of methoxy groups -OCH3 is 1. The maximum Gasteiger partial charge on any atom is 0.355 e. The molecule has 1 aromatic rings. The molecule has 3 aliphatic heterocycles. The number of hydrazone groups is 1. The number of esters is 1. The van der Waals surface area contributed by atoms with Gasteiger partial charge >= 0.3 is 5.97 Å². The van der Waals surface area contributed by atoms with Crippen LogP contribution in [-0.4, -0.2) is 56.0 Å². The van der Waals surface area contributed by atoms with Crippen LogP contribution in [0.15, 0.2) is 29.4 Å². The summed E-state index contributed by atoms with van der Waals surface area (Å²) in [5.41, 5.74) is 2.90. The Morgan fingerprint density at radius 2 is 2.22 bits per heavy atom. The normalized spacial score (nSPS) is 26.6. The number of hydrogen-bond acceptors (Lipinski definition) is 8. The Kier molecular flexibility index (Phi) is 4.53. The molecule has 0 aliphatic carbocycles. The highest BCUT2D eigenvalue weighted by atomic mass is 16.6. The van der Waals surface area contributed by atoms with Crippen LogP contribution < -0.4 is 15.1 Å². The molecule has 2 saturated heterocycles. The highest BCUT2D eigenvalue weighted by molar-refractivity contribution is 6.46. The minimum absolute atomic E-state index is 0.0817. The molecule has 2 amide bonds. The van der Waals surface area contributed by atoms with E-state index in [1.54, 1.807) is 24.3 Å². The van der Waals surface area contributed by atoms with Crippen LogP contribution in [0.4, 0.5) is 5.69 Å². The first-order valence-corrected chi connectivity index (χ1v) is 8.74. The van der Waals surface area contributed by atoms with Crippen molar-refractivity contribution >= 4 is 29.2 Å². The quantitative estimate of drug-likeness (QED) is 0.582. The smallest absolute Gasteiger partial charge is 0.355 e. The molecule has 27 heavy (non-hydrogen) atoms. The predicted molar refractivity (Wildman–Crippen MR) is 93.3 cm³/mol. The molecule has 4 rings (SSSR count). The predicted octanol–water partition coefficient (Wildman–Crippen LogP) is 0.235. The molecule has 1 N–H and O–H groups in total. The molecular weight excluding hydrogens is 354 g/mol. The maximum absolute atomic E-state index is 12.9. The number of hydrogen-bond donors (Lipinski definition) is 1. The van der Waals surface area contributed by atoms with Gasteiger partial charge in [0.2, 0.25) is 5.91 Å². The molecule has 9 heteroatoms. The van der Waals surface area contributed by atoms with Crippen molar-refractivity contribution in [3.63, 3.8) is 0 Å². The fourth-order valence-electron chi connectivity index (χ4n) is 3.48. The minimum Gasteiger partial charge on any atom is -0.497 e. The number of nitrogens with zero attached hydrogens (tertiary/aromatic N) is 2. The average molecular weight is 373 g/mol. The molecule has 0 saturated carbocycles. The first-order valence-electron chi connectivity index (χ1n) is 8.74. The Bertz CT molecular complexity index is 817. The number of nitrogens with one attached hydrogen (secondary N) is 1. The zero-order valence-electron chi connectivity index (χ0n) is 14.7. The van der Waals surface area contributed by atoms with E-state index in [0.29, 0.717) is 18.0 Å². The van der Waals surface area contributed by atoms with Gasteiger partial charge < -0.3 is 14.2 Å². The summed E-state index contributed by atoms with van der Waals surface area (Å²) in [7, 11) is 1.50. The molecule has 1 aromatic carbocycles. The summed E-state index contributed by atoms with van der Waals surface area (Å²) in [6.07, 6.45) is 1.62. The van der Waals surface area contributed by atoms with Crippen LogP contribution in [-0.2, 0) is 23.9 Å². The second-order valence-corrected chi connectivity index (χ2v) is 6.53. The number of amides is 2. The van der Waals surface area contributed by atoms with Crippen LogP contribution in [0.1, 0.15) is 12.8 Å². The average Bonchev–Trinajstić information content (AvgIpc) is 3.39. The summed E-state index contributed by atoms with van der Waals surface area (Å²) >= 11 is 0. The van der Waals surface area contributed by atoms with Crippen LogP contribution in [0.5, 0.6) is 5.75 Å². The van der Waals surface area contributed by atoms with Crippen LogP contribution >= 0.6 is 0 Å².